The molecule has 2 rings (SSSR count). The van der Waals surface area contributed by atoms with E-state index in [0.717, 1.165) is 5.56 Å². The summed E-state index contributed by atoms with van der Waals surface area (Å²) in [5, 5.41) is 0. The lowest BCUT2D eigenvalue weighted by molar-refractivity contribution is -0.150. The number of carbonyl (C=O) groups excluding carboxylic acids is 1. The third-order valence-electron chi connectivity index (χ3n) is 3.08. The van der Waals surface area contributed by atoms with Crippen LogP contribution in [0.1, 0.15) is 31.9 Å². The molecule has 2 atom stereocenters. The van der Waals surface area contributed by atoms with Crippen LogP contribution in [0.3, 0.4) is 0 Å². The molecule has 3 nitrogen and oxygen atoms in total. The molecule has 0 aliphatic carbocycles. The highest BCUT2D eigenvalue weighted by atomic mass is 16.5. The minimum Gasteiger partial charge on any atom is -0.465 e. The molecule has 0 spiro atoms. The summed E-state index contributed by atoms with van der Waals surface area (Å²) in [6, 6.07) is 10.1. The summed E-state index contributed by atoms with van der Waals surface area (Å²) in [4.78, 5) is 16.3. The Morgan fingerprint density at radius 3 is 2.82 bits per heavy atom. The molecule has 0 bridgehead atoms. The summed E-state index contributed by atoms with van der Waals surface area (Å²) in [6.45, 7) is 4.12. The van der Waals surface area contributed by atoms with Crippen LogP contribution in [0.15, 0.2) is 35.3 Å². The predicted molar refractivity (Wildman–Crippen MR) is 67.0 cm³/mol. The van der Waals surface area contributed by atoms with Gasteiger partial charge in [0.25, 0.3) is 0 Å². The number of carbonyl (C=O) groups is 1. The third kappa shape index (κ3) is 2.38. The summed E-state index contributed by atoms with van der Waals surface area (Å²) >= 11 is 0. The summed E-state index contributed by atoms with van der Waals surface area (Å²) in [7, 11) is 0. The van der Waals surface area contributed by atoms with Gasteiger partial charge in [0.15, 0.2) is 0 Å². The van der Waals surface area contributed by atoms with Gasteiger partial charge < -0.3 is 4.74 Å². The first kappa shape index (κ1) is 11.8. The Labute approximate surface area is 102 Å². The van der Waals surface area contributed by atoms with Crippen molar-refractivity contribution in [3.8, 4) is 0 Å². The van der Waals surface area contributed by atoms with E-state index in [2.05, 4.69) is 4.99 Å². The molecule has 1 aromatic rings. The molecule has 0 aromatic heterocycles. The number of hydrogen-bond acceptors (Lipinski definition) is 3. The standard InChI is InChI=1S/C14H17NO2/c1-3-17-13(16)14(2)9-12(15-10-14)11-7-5-4-6-8-11/h4-8,10,12H,3,9H2,1-2H3. The quantitative estimate of drug-likeness (QED) is 0.750. The Bertz CT molecular complexity index is 427. The van der Waals surface area contributed by atoms with Gasteiger partial charge in [0.05, 0.1) is 12.6 Å². The fourth-order valence-electron chi connectivity index (χ4n) is 2.07. The van der Waals surface area contributed by atoms with Crippen LogP contribution in [0.25, 0.3) is 0 Å². The molecule has 0 amide bonds. The maximum atomic E-state index is 11.8. The number of nitrogens with zero attached hydrogens (tertiary/aromatic N) is 1. The molecule has 3 heteroatoms. The van der Waals surface area contributed by atoms with Gasteiger partial charge in [-0.3, -0.25) is 9.79 Å². The third-order valence-corrected chi connectivity index (χ3v) is 3.08. The summed E-state index contributed by atoms with van der Waals surface area (Å²) in [5.41, 5.74) is 0.577. The molecule has 1 aliphatic rings. The fraction of sp³-hybridized carbons (Fsp3) is 0.429. The number of hydrogen-bond donors (Lipinski definition) is 0. The summed E-state index contributed by atoms with van der Waals surface area (Å²) in [5.74, 6) is -0.179. The van der Waals surface area contributed by atoms with Gasteiger partial charge in [-0.25, -0.2) is 0 Å². The van der Waals surface area contributed by atoms with Crippen molar-refractivity contribution in [1.82, 2.24) is 0 Å². The van der Waals surface area contributed by atoms with Crippen molar-refractivity contribution in [3.05, 3.63) is 35.9 Å². The number of ether oxygens (including phenoxy) is 1. The first-order valence-corrected chi connectivity index (χ1v) is 5.92. The van der Waals surface area contributed by atoms with Crippen molar-refractivity contribution in [2.24, 2.45) is 10.4 Å². The van der Waals surface area contributed by atoms with Gasteiger partial charge in [0, 0.05) is 6.21 Å². The lowest BCUT2D eigenvalue weighted by Crippen LogP contribution is -2.29. The maximum Gasteiger partial charge on any atom is 0.317 e. The van der Waals surface area contributed by atoms with E-state index in [0.29, 0.717) is 13.0 Å². The second kappa shape index (κ2) is 4.70. The SMILES string of the molecule is CCOC(=O)C1(C)C=NC(c2ccccc2)C1. The molecule has 0 fully saturated rings. The van der Waals surface area contributed by atoms with E-state index in [-0.39, 0.29) is 12.0 Å². The zero-order valence-corrected chi connectivity index (χ0v) is 10.2. The minimum atomic E-state index is -0.573. The van der Waals surface area contributed by atoms with Gasteiger partial charge in [0.1, 0.15) is 5.41 Å². The van der Waals surface area contributed by atoms with Crippen molar-refractivity contribution < 1.29 is 9.53 Å². The van der Waals surface area contributed by atoms with Gasteiger partial charge >= 0.3 is 5.97 Å². The van der Waals surface area contributed by atoms with Crippen LogP contribution in [-0.2, 0) is 9.53 Å². The first-order chi connectivity index (χ1) is 8.15. The van der Waals surface area contributed by atoms with Crippen molar-refractivity contribution >= 4 is 12.2 Å². The van der Waals surface area contributed by atoms with Gasteiger partial charge in [0.2, 0.25) is 0 Å². The molecule has 0 N–H and O–H groups in total. The van der Waals surface area contributed by atoms with Crippen LogP contribution in [0, 0.1) is 5.41 Å². The van der Waals surface area contributed by atoms with Crippen molar-refractivity contribution in [2.45, 2.75) is 26.3 Å². The summed E-state index contributed by atoms with van der Waals surface area (Å²) < 4.78 is 5.08. The van der Waals surface area contributed by atoms with Crippen LogP contribution in [-0.4, -0.2) is 18.8 Å². The molecule has 0 saturated carbocycles. The first-order valence-electron chi connectivity index (χ1n) is 5.92. The molecule has 1 aromatic carbocycles. The van der Waals surface area contributed by atoms with Crippen LogP contribution in [0.2, 0.25) is 0 Å². The highest BCUT2D eigenvalue weighted by Crippen LogP contribution is 2.38. The number of benzene rings is 1. The van der Waals surface area contributed by atoms with Crippen LogP contribution >= 0.6 is 0 Å². The van der Waals surface area contributed by atoms with E-state index in [9.17, 15) is 4.79 Å². The molecule has 90 valence electrons. The van der Waals surface area contributed by atoms with E-state index in [1.54, 1.807) is 6.21 Å². The van der Waals surface area contributed by atoms with Gasteiger partial charge in [-0.2, -0.15) is 0 Å². The van der Waals surface area contributed by atoms with E-state index in [4.69, 9.17) is 4.74 Å². The highest BCUT2D eigenvalue weighted by Gasteiger charge is 2.40. The molecule has 17 heavy (non-hydrogen) atoms. The molecule has 0 saturated heterocycles. The molecule has 0 radical (unpaired) electrons. The predicted octanol–water partition coefficient (Wildman–Crippen LogP) is 2.77. The normalized spacial score (nSPS) is 27.1. The number of esters is 1. The zero-order valence-electron chi connectivity index (χ0n) is 10.2. The average molecular weight is 231 g/mol. The largest absolute Gasteiger partial charge is 0.465 e. The zero-order chi connectivity index (χ0) is 12.3. The van der Waals surface area contributed by atoms with Gasteiger partial charge in [-0.15, -0.1) is 0 Å². The second-order valence-electron chi connectivity index (χ2n) is 4.55. The minimum absolute atomic E-state index is 0.0746. The Morgan fingerprint density at radius 2 is 2.18 bits per heavy atom. The lowest BCUT2D eigenvalue weighted by Gasteiger charge is -2.19. The average Bonchev–Trinajstić information content (AvgIpc) is 2.75. The Hall–Kier alpha value is -1.64. The smallest absolute Gasteiger partial charge is 0.317 e. The molecular formula is C14H17NO2. The molecule has 1 aliphatic heterocycles. The Morgan fingerprint density at radius 1 is 1.47 bits per heavy atom. The maximum absolute atomic E-state index is 11.8. The van der Waals surface area contributed by atoms with Crippen molar-refractivity contribution in [1.29, 1.82) is 0 Å². The van der Waals surface area contributed by atoms with E-state index >= 15 is 0 Å². The number of aliphatic imine (C=N–C) groups is 1. The van der Waals surface area contributed by atoms with Crippen LogP contribution in [0.4, 0.5) is 0 Å². The Balaban J connectivity index is 2.11. The summed E-state index contributed by atoms with van der Waals surface area (Å²) in [6.07, 6.45) is 2.43. The monoisotopic (exact) mass is 231 g/mol. The van der Waals surface area contributed by atoms with Crippen molar-refractivity contribution in [3.63, 3.8) is 0 Å². The van der Waals surface area contributed by atoms with Gasteiger partial charge in [-0.1, -0.05) is 30.3 Å². The van der Waals surface area contributed by atoms with Gasteiger partial charge in [-0.05, 0) is 25.8 Å². The second-order valence-corrected chi connectivity index (χ2v) is 4.55. The Kier molecular flexibility index (Phi) is 3.27. The van der Waals surface area contributed by atoms with Crippen molar-refractivity contribution in [2.75, 3.05) is 6.61 Å². The van der Waals surface area contributed by atoms with Crippen LogP contribution in [0.5, 0.6) is 0 Å². The molecular weight excluding hydrogens is 214 g/mol. The highest BCUT2D eigenvalue weighted by molar-refractivity contribution is 5.96. The molecule has 1 heterocycles. The fourth-order valence-corrected chi connectivity index (χ4v) is 2.07. The number of rotatable bonds is 3. The van der Waals surface area contributed by atoms with Crippen LogP contribution < -0.4 is 0 Å². The molecule has 2 unspecified atom stereocenters. The van der Waals surface area contributed by atoms with E-state index in [1.807, 2.05) is 44.2 Å². The lowest BCUT2D eigenvalue weighted by atomic mass is 9.86. The van der Waals surface area contributed by atoms with E-state index < -0.39 is 5.41 Å². The van der Waals surface area contributed by atoms with E-state index in [1.165, 1.54) is 0 Å². The topological polar surface area (TPSA) is 38.7 Å².